The average molecular weight is 592 g/mol. The van der Waals surface area contributed by atoms with Crippen LogP contribution in [0.5, 0.6) is 11.5 Å². The number of aliphatic hydroxyl groups is 2. The van der Waals surface area contributed by atoms with Gasteiger partial charge in [0.05, 0.1) is 31.6 Å². The van der Waals surface area contributed by atoms with E-state index in [0.717, 1.165) is 0 Å². The van der Waals surface area contributed by atoms with Crippen LogP contribution in [0.15, 0.2) is 54.6 Å². The molecule has 8 nitrogen and oxygen atoms in total. The molecule has 2 aromatic carbocycles. The van der Waals surface area contributed by atoms with E-state index in [0.29, 0.717) is 24.2 Å². The fourth-order valence-electron chi connectivity index (χ4n) is 4.64. The third-order valence-electron chi connectivity index (χ3n) is 7.27. The zero-order chi connectivity index (χ0) is 30.7. The highest BCUT2D eigenvalue weighted by molar-refractivity contribution is 5.95. The van der Waals surface area contributed by atoms with Crippen molar-refractivity contribution in [2.75, 3.05) is 40.0 Å². The van der Waals surface area contributed by atoms with E-state index in [1.807, 2.05) is 13.8 Å². The highest BCUT2D eigenvalue weighted by Crippen LogP contribution is 2.41. The smallest absolute Gasteiger partial charge is 0.424 e. The Morgan fingerprint density at radius 3 is 2.38 bits per heavy atom. The number of hydrogen-bond donors (Lipinski definition) is 3. The van der Waals surface area contributed by atoms with Crippen LogP contribution in [0.1, 0.15) is 41.4 Å². The lowest BCUT2D eigenvalue weighted by molar-refractivity contribution is -0.265. The molecule has 1 fully saturated rings. The lowest BCUT2D eigenvalue weighted by atomic mass is 9.87. The van der Waals surface area contributed by atoms with Crippen LogP contribution in [0.4, 0.5) is 17.6 Å². The molecule has 4 rings (SSSR count). The number of rotatable bonds is 11. The molecule has 1 atom stereocenters. The fraction of sp³-hybridized carbons (Fsp3) is 0.400. The number of likely N-dealkylation sites (tertiary alicyclic amines) is 1. The van der Waals surface area contributed by atoms with Gasteiger partial charge >= 0.3 is 6.18 Å². The first-order chi connectivity index (χ1) is 19.9. The molecule has 2 heterocycles. The number of nitrogens with zero attached hydrogens (tertiary/aromatic N) is 2. The Morgan fingerprint density at radius 2 is 1.79 bits per heavy atom. The average Bonchev–Trinajstić information content (AvgIpc) is 2.93. The molecular weight excluding hydrogens is 558 g/mol. The number of pyridine rings is 1. The molecule has 0 bridgehead atoms. The van der Waals surface area contributed by atoms with Crippen LogP contribution >= 0.6 is 0 Å². The van der Waals surface area contributed by atoms with Gasteiger partial charge < -0.3 is 25.0 Å². The third kappa shape index (κ3) is 6.66. The van der Waals surface area contributed by atoms with Crippen molar-refractivity contribution >= 4 is 5.91 Å². The molecule has 42 heavy (non-hydrogen) atoms. The molecule has 1 amide bonds. The number of halogens is 4. The van der Waals surface area contributed by atoms with Gasteiger partial charge in [-0.15, -0.1) is 0 Å². The number of benzene rings is 2. The minimum Gasteiger partial charge on any atom is -0.493 e. The summed E-state index contributed by atoms with van der Waals surface area (Å²) in [6, 6.07) is 12.3. The van der Waals surface area contributed by atoms with Crippen LogP contribution < -0.4 is 14.8 Å². The molecule has 1 aromatic heterocycles. The fourth-order valence-corrected chi connectivity index (χ4v) is 4.64. The van der Waals surface area contributed by atoms with Gasteiger partial charge in [0.1, 0.15) is 12.4 Å². The first-order valence-corrected chi connectivity index (χ1v) is 13.4. The van der Waals surface area contributed by atoms with E-state index in [1.165, 1.54) is 55.6 Å². The molecule has 0 saturated carbocycles. The second-order valence-corrected chi connectivity index (χ2v) is 10.4. The van der Waals surface area contributed by atoms with Gasteiger partial charge in [0.2, 0.25) is 5.60 Å². The summed E-state index contributed by atoms with van der Waals surface area (Å²) in [5, 5.41) is 22.3. The number of carbonyl (C=O) groups excluding carboxylic acids is 1. The van der Waals surface area contributed by atoms with Crippen LogP contribution in [0.3, 0.4) is 0 Å². The van der Waals surface area contributed by atoms with E-state index in [4.69, 9.17) is 14.6 Å². The van der Waals surface area contributed by atoms with E-state index >= 15 is 0 Å². The monoisotopic (exact) mass is 591 g/mol. The zero-order valence-electron chi connectivity index (χ0n) is 23.4. The number of hydrogen-bond acceptors (Lipinski definition) is 7. The van der Waals surface area contributed by atoms with Crippen molar-refractivity contribution in [1.82, 2.24) is 15.2 Å². The maximum atomic E-state index is 14.6. The number of aliphatic hydroxyl groups excluding tert-OH is 1. The van der Waals surface area contributed by atoms with Gasteiger partial charge in [-0.05, 0) is 74.0 Å². The molecule has 12 heteroatoms. The molecule has 3 N–H and O–H groups in total. The number of carbonyl (C=O) groups is 1. The first-order valence-electron chi connectivity index (χ1n) is 13.4. The van der Waals surface area contributed by atoms with Crippen LogP contribution in [0.2, 0.25) is 0 Å². The van der Waals surface area contributed by atoms with Crippen LogP contribution in [-0.4, -0.2) is 78.2 Å². The molecule has 1 aliphatic rings. The Bertz CT molecular complexity index is 1390. The molecule has 0 aliphatic carbocycles. The van der Waals surface area contributed by atoms with Crippen molar-refractivity contribution < 1.29 is 42.0 Å². The van der Waals surface area contributed by atoms with E-state index in [-0.39, 0.29) is 47.9 Å². The van der Waals surface area contributed by atoms with Crippen LogP contribution in [0, 0.1) is 5.82 Å². The highest BCUT2D eigenvalue weighted by atomic mass is 19.4. The predicted octanol–water partition coefficient (Wildman–Crippen LogP) is 4.25. The van der Waals surface area contributed by atoms with E-state index < -0.39 is 35.7 Å². The molecule has 1 unspecified atom stereocenters. The summed E-state index contributed by atoms with van der Waals surface area (Å²) in [5.74, 6) is -1.14. The van der Waals surface area contributed by atoms with Crippen LogP contribution in [0.25, 0.3) is 11.3 Å². The first kappa shape index (κ1) is 31.2. The summed E-state index contributed by atoms with van der Waals surface area (Å²) in [4.78, 5) is 19.2. The maximum absolute atomic E-state index is 14.6. The van der Waals surface area contributed by atoms with Crippen LogP contribution in [-0.2, 0) is 5.60 Å². The maximum Gasteiger partial charge on any atom is 0.424 e. The Kier molecular flexibility index (Phi) is 9.39. The number of amides is 1. The Labute approximate surface area is 240 Å². The normalized spacial score (nSPS) is 15.7. The summed E-state index contributed by atoms with van der Waals surface area (Å²) >= 11 is 0. The van der Waals surface area contributed by atoms with Gasteiger partial charge in [0.15, 0.2) is 11.5 Å². The van der Waals surface area contributed by atoms with Crippen molar-refractivity contribution in [3.8, 4) is 22.8 Å². The molecular formula is C30H33F4N3O5. The highest BCUT2D eigenvalue weighted by Gasteiger charge is 2.56. The molecule has 226 valence electrons. The SMILES string of the molecule is COc1cc(C(=O)NCC(O)(c2cc(C3CN(C(C)C)C3)cc(-c3ccc(F)cc3)n2)C(F)(F)F)ccc1OCCO. The number of ether oxygens (including phenoxy) is 2. The molecule has 0 spiro atoms. The summed E-state index contributed by atoms with van der Waals surface area (Å²) < 4.78 is 67.8. The summed E-state index contributed by atoms with van der Waals surface area (Å²) in [7, 11) is 1.32. The standard InChI is InChI=1S/C30H33F4N3O5/c1-18(2)37-15-22(16-37)21-12-24(19-4-7-23(31)8-5-19)36-27(14-21)29(40,30(32,33)34)17-35-28(39)20-6-9-25(42-11-10-38)26(13-20)41-3/h4-9,12-14,18,22,38,40H,10-11,15-17H2,1-3H3,(H,35,39). The van der Waals surface area contributed by atoms with E-state index in [1.54, 1.807) is 6.07 Å². The lowest BCUT2D eigenvalue weighted by Crippen LogP contribution is -2.52. The zero-order valence-corrected chi connectivity index (χ0v) is 23.4. The van der Waals surface area contributed by atoms with Gasteiger partial charge in [-0.25, -0.2) is 9.37 Å². The van der Waals surface area contributed by atoms with Gasteiger partial charge in [-0.2, -0.15) is 13.2 Å². The molecule has 1 saturated heterocycles. The third-order valence-corrected chi connectivity index (χ3v) is 7.27. The second kappa shape index (κ2) is 12.6. The number of alkyl halides is 3. The van der Waals surface area contributed by atoms with E-state index in [2.05, 4.69) is 15.2 Å². The summed E-state index contributed by atoms with van der Waals surface area (Å²) in [5.41, 5.74) is -3.19. The Morgan fingerprint density at radius 1 is 1.10 bits per heavy atom. The minimum atomic E-state index is -5.21. The van der Waals surface area contributed by atoms with Gasteiger partial charge in [-0.3, -0.25) is 9.69 Å². The number of methoxy groups -OCH3 is 1. The number of nitrogens with one attached hydrogen (secondary N) is 1. The number of aromatic nitrogens is 1. The molecule has 3 aromatic rings. The quantitative estimate of drug-likeness (QED) is 0.287. The van der Waals surface area contributed by atoms with Gasteiger partial charge in [0.25, 0.3) is 5.91 Å². The predicted molar refractivity (Wildman–Crippen MR) is 147 cm³/mol. The Hall–Kier alpha value is -3.74. The van der Waals surface area contributed by atoms with Gasteiger partial charge in [-0.1, -0.05) is 0 Å². The second-order valence-electron chi connectivity index (χ2n) is 10.4. The summed E-state index contributed by atoms with van der Waals surface area (Å²) in [6.07, 6.45) is -5.21. The molecule has 0 radical (unpaired) electrons. The lowest BCUT2D eigenvalue weighted by Gasteiger charge is -2.43. The van der Waals surface area contributed by atoms with Crippen molar-refractivity contribution in [3.63, 3.8) is 0 Å². The van der Waals surface area contributed by atoms with Crippen molar-refractivity contribution in [2.24, 2.45) is 0 Å². The Balaban J connectivity index is 1.67. The molecule has 1 aliphatic heterocycles. The minimum absolute atomic E-state index is 0.0249. The largest absolute Gasteiger partial charge is 0.493 e. The topological polar surface area (TPSA) is 104 Å². The van der Waals surface area contributed by atoms with Crippen molar-refractivity contribution in [3.05, 3.63) is 77.2 Å². The van der Waals surface area contributed by atoms with Gasteiger partial charge in [0, 0.05) is 36.2 Å². The van der Waals surface area contributed by atoms with Crippen molar-refractivity contribution in [2.45, 2.75) is 37.6 Å². The van der Waals surface area contributed by atoms with Crippen molar-refractivity contribution in [1.29, 1.82) is 0 Å². The summed E-state index contributed by atoms with van der Waals surface area (Å²) in [6.45, 7) is 3.78. The van der Waals surface area contributed by atoms with E-state index in [9.17, 15) is 27.5 Å².